The standard InChI is InChI=1S/C42H58N6.C10H11NO.2C3H8.C2H4.C2H2/c1-11-16-39(44-30(8)27-48(22-13-3)31(9)26-43-29(6)7)35-17-19-36(32(14-4)23-35)37-25-34-18-20-40-42(38(34)24-33(37)15-5)46-41(45-40)28-47(10)21-12-2;1-2-11-10(8-12)9-6-4-3-5-7-9;2*1-3-2;2*1-2/h15-20,23-25,30,43-44H,5-6,9,11-14,21-22,26-28H2,1-4,7-8,10H3,(H,45,46);2-8,10-11H,1H2;2*3H2,1-2H3;1-2H2;1-2H/b39-16-;;;;;. The van der Waals surface area contributed by atoms with E-state index < -0.39 is 0 Å². The number of terminal acetylenes is 1. The van der Waals surface area contributed by atoms with Gasteiger partial charge in [-0.25, -0.2) is 4.98 Å². The van der Waals surface area contributed by atoms with Crippen LogP contribution in [0.25, 0.3) is 44.7 Å². The Labute approximate surface area is 426 Å². The van der Waals surface area contributed by atoms with Crippen molar-refractivity contribution in [1.29, 1.82) is 0 Å². The second-order valence-corrected chi connectivity index (χ2v) is 17.0. The van der Waals surface area contributed by atoms with Crippen molar-refractivity contribution in [1.82, 2.24) is 35.7 Å². The minimum atomic E-state index is -0.274. The Morgan fingerprint density at radius 3 is 2.04 bits per heavy atom. The molecule has 4 N–H and O–H groups in total. The van der Waals surface area contributed by atoms with Crippen LogP contribution in [0.3, 0.4) is 0 Å². The van der Waals surface area contributed by atoms with Crippen LogP contribution in [0.4, 0.5) is 0 Å². The van der Waals surface area contributed by atoms with Crippen molar-refractivity contribution >= 4 is 39.9 Å². The minimum absolute atomic E-state index is 0.236. The zero-order valence-corrected chi connectivity index (χ0v) is 45.3. The van der Waals surface area contributed by atoms with Gasteiger partial charge in [-0.15, -0.1) is 26.0 Å². The number of nitrogens with one attached hydrogen (secondary N) is 4. The molecule has 2 unspecified atom stereocenters. The maximum atomic E-state index is 10.6. The molecule has 0 saturated heterocycles. The molecule has 0 spiro atoms. The predicted molar refractivity (Wildman–Crippen MR) is 311 cm³/mol. The molecule has 0 aliphatic heterocycles. The van der Waals surface area contributed by atoms with Gasteiger partial charge in [-0.05, 0) is 122 Å². The Balaban J connectivity index is 0.00000180. The molecule has 380 valence electrons. The number of benzene rings is 4. The highest BCUT2D eigenvalue weighted by atomic mass is 16.1. The van der Waals surface area contributed by atoms with Gasteiger partial charge >= 0.3 is 0 Å². The van der Waals surface area contributed by atoms with Crippen LogP contribution in [-0.4, -0.2) is 65.3 Å². The number of aldehydes is 1. The van der Waals surface area contributed by atoms with Crippen LogP contribution < -0.4 is 16.0 Å². The van der Waals surface area contributed by atoms with Gasteiger partial charge in [-0.2, -0.15) is 0 Å². The number of carbonyl (C=O) groups is 1. The van der Waals surface area contributed by atoms with E-state index in [9.17, 15) is 4.79 Å². The molecule has 0 amide bonds. The number of aryl methyl sites for hydroxylation is 1. The molecule has 2 atom stereocenters. The van der Waals surface area contributed by atoms with E-state index in [0.717, 1.165) is 103 Å². The molecule has 0 fully saturated rings. The zero-order chi connectivity index (χ0) is 53.0. The number of carbonyl (C=O) groups excluding carboxylic acids is 1. The first-order valence-corrected chi connectivity index (χ1v) is 25.2. The zero-order valence-electron chi connectivity index (χ0n) is 45.3. The summed E-state index contributed by atoms with van der Waals surface area (Å²) in [5.74, 6) is 1.00. The average molecular weight is 950 g/mol. The number of aromatic nitrogens is 2. The van der Waals surface area contributed by atoms with E-state index in [0.29, 0.717) is 6.54 Å². The molecule has 0 aliphatic carbocycles. The van der Waals surface area contributed by atoms with E-state index in [1.54, 1.807) is 0 Å². The van der Waals surface area contributed by atoms with Gasteiger partial charge in [0.05, 0.1) is 24.1 Å². The summed E-state index contributed by atoms with van der Waals surface area (Å²) < 4.78 is 0. The van der Waals surface area contributed by atoms with Crippen molar-refractivity contribution in [3.05, 3.63) is 164 Å². The number of hydrogen-bond donors (Lipinski definition) is 4. The summed E-state index contributed by atoms with van der Waals surface area (Å²) in [6, 6.07) is 25.4. The molecule has 1 aromatic heterocycles. The summed E-state index contributed by atoms with van der Waals surface area (Å²) in [5.41, 5.74) is 12.4. The lowest BCUT2D eigenvalue weighted by Gasteiger charge is -2.31. The number of nitrogens with zero attached hydrogens (tertiary/aromatic N) is 3. The molecule has 0 saturated carbocycles. The van der Waals surface area contributed by atoms with Gasteiger partial charge in [-0.3, -0.25) is 4.90 Å². The number of fused-ring (bicyclic) bond motifs is 3. The van der Waals surface area contributed by atoms with E-state index >= 15 is 0 Å². The fraction of sp³-hybridized carbons (Fsp3) is 0.387. The Hall–Kier alpha value is -6.56. The summed E-state index contributed by atoms with van der Waals surface area (Å²) in [7, 11) is 2.15. The van der Waals surface area contributed by atoms with Crippen LogP contribution in [0.5, 0.6) is 0 Å². The van der Waals surface area contributed by atoms with Crippen LogP contribution >= 0.6 is 0 Å². The van der Waals surface area contributed by atoms with Crippen LogP contribution in [0.1, 0.15) is 135 Å². The number of imidazole rings is 1. The van der Waals surface area contributed by atoms with Gasteiger partial charge in [0.25, 0.3) is 0 Å². The first-order chi connectivity index (χ1) is 33.8. The van der Waals surface area contributed by atoms with Crippen molar-refractivity contribution in [2.45, 2.75) is 126 Å². The van der Waals surface area contributed by atoms with Gasteiger partial charge in [0, 0.05) is 41.6 Å². The van der Waals surface area contributed by atoms with Crippen molar-refractivity contribution in [2.75, 3.05) is 33.2 Å². The SMILES string of the molecule is C#C.C=C.C=CNC(C=O)c1ccccc1.C=Cc1cc2c(ccc3[nH]c(CN(C)CCC)nc32)cc1-c1ccc(/C(=C/CC)NC(C)CN(CCC)C(=C)CNC(=C)C)cc1CC.CCC.CCC. The first-order valence-electron chi connectivity index (χ1n) is 25.2. The maximum Gasteiger partial charge on any atom is 0.146 e. The molecule has 1 heterocycles. The molecule has 4 aromatic carbocycles. The molecular formula is C62H91N7O. The third kappa shape index (κ3) is 21.4. The van der Waals surface area contributed by atoms with Crippen LogP contribution in [0, 0.1) is 12.8 Å². The summed E-state index contributed by atoms with van der Waals surface area (Å²) in [6.07, 6.45) is 21.3. The summed E-state index contributed by atoms with van der Waals surface area (Å²) in [4.78, 5) is 23.9. The van der Waals surface area contributed by atoms with Gasteiger partial charge in [0.1, 0.15) is 18.2 Å². The first kappa shape index (κ1) is 63.4. The molecule has 0 bridgehead atoms. The van der Waals surface area contributed by atoms with Crippen molar-refractivity contribution in [3.63, 3.8) is 0 Å². The number of rotatable bonds is 23. The number of aromatic amines is 1. The molecule has 5 aromatic rings. The van der Waals surface area contributed by atoms with Crippen LogP contribution in [-0.2, 0) is 17.8 Å². The Morgan fingerprint density at radius 2 is 1.50 bits per heavy atom. The fourth-order valence-electron chi connectivity index (χ4n) is 7.54. The Morgan fingerprint density at radius 1 is 0.857 bits per heavy atom. The number of hydrogen-bond acceptors (Lipinski definition) is 7. The van der Waals surface area contributed by atoms with Crippen molar-refractivity contribution in [3.8, 4) is 24.0 Å². The topological polar surface area (TPSA) is 88.3 Å². The average Bonchev–Trinajstić information content (AvgIpc) is 3.79. The Bertz CT molecular complexity index is 2330. The molecule has 0 radical (unpaired) electrons. The molecule has 8 heteroatoms. The Kier molecular flexibility index (Phi) is 33.8. The van der Waals surface area contributed by atoms with E-state index in [2.05, 4.69) is 201 Å². The molecule has 70 heavy (non-hydrogen) atoms. The van der Waals surface area contributed by atoms with E-state index in [4.69, 9.17) is 4.98 Å². The normalized spacial score (nSPS) is 11.1. The van der Waals surface area contributed by atoms with Crippen LogP contribution in [0.2, 0.25) is 0 Å². The molecule has 5 rings (SSSR count). The third-order valence-corrected chi connectivity index (χ3v) is 10.5. The summed E-state index contributed by atoms with van der Waals surface area (Å²) in [6.45, 7) is 48.1. The van der Waals surface area contributed by atoms with Crippen molar-refractivity contribution in [2.24, 2.45) is 0 Å². The second-order valence-electron chi connectivity index (χ2n) is 17.0. The maximum absolute atomic E-state index is 10.6. The van der Waals surface area contributed by atoms with Gasteiger partial charge in [-0.1, -0.05) is 155 Å². The third-order valence-electron chi connectivity index (χ3n) is 10.5. The monoisotopic (exact) mass is 950 g/mol. The fourth-order valence-corrected chi connectivity index (χ4v) is 7.54. The molecule has 8 nitrogen and oxygen atoms in total. The largest absolute Gasteiger partial charge is 0.384 e. The second kappa shape index (κ2) is 37.3. The van der Waals surface area contributed by atoms with Gasteiger partial charge < -0.3 is 30.6 Å². The summed E-state index contributed by atoms with van der Waals surface area (Å²) in [5, 5.41) is 12.4. The predicted octanol–water partition coefficient (Wildman–Crippen LogP) is 15.1. The molecule has 0 aliphatic rings. The lowest BCUT2D eigenvalue weighted by atomic mass is 9.90. The van der Waals surface area contributed by atoms with E-state index in [1.807, 2.05) is 43.3 Å². The van der Waals surface area contributed by atoms with Gasteiger partial charge in [0.2, 0.25) is 0 Å². The molecular weight excluding hydrogens is 859 g/mol. The lowest BCUT2D eigenvalue weighted by molar-refractivity contribution is -0.109. The van der Waals surface area contributed by atoms with Crippen molar-refractivity contribution < 1.29 is 4.79 Å². The van der Waals surface area contributed by atoms with Gasteiger partial charge in [0.15, 0.2) is 0 Å². The van der Waals surface area contributed by atoms with E-state index in [-0.39, 0.29) is 12.1 Å². The summed E-state index contributed by atoms with van der Waals surface area (Å²) >= 11 is 0. The van der Waals surface area contributed by atoms with E-state index in [1.165, 1.54) is 52.4 Å². The highest BCUT2D eigenvalue weighted by Crippen LogP contribution is 2.36. The van der Waals surface area contributed by atoms with Crippen LogP contribution in [0.15, 0.2) is 136 Å². The minimum Gasteiger partial charge on any atom is -0.384 e. The quantitative estimate of drug-likeness (QED) is 0.0295. The number of allylic oxidation sites excluding steroid dienone is 2. The number of H-pyrrole nitrogens is 1. The highest BCUT2D eigenvalue weighted by molar-refractivity contribution is 6.07. The smallest absolute Gasteiger partial charge is 0.146 e. The highest BCUT2D eigenvalue weighted by Gasteiger charge is 2.17. The lowest BCUT2D eigenvalue weighted by Crippen LogP contribution is -2.40.